The molecule has 4 nitrogen and oxygen atoms in total. The Labute approximate surface area is 149 Å². The summed E-state index contributed by atoms with van der Waals surface area (Å²) < 4.78 is 1.06. The van der Waals surface area contributed by atoms with E-state index in [4.69, 9.17) is 11.6 Å². The number of anilines is 2. The standard InChI is InChI=1S/C17H17BrClN3O/c18-13-4-3-5-14(12-13)21-8-10-22(11-9-21)17(23)20-16-7-2-1-6-15(16)19/h1-7,12H,8-11H2,(H,20,23). The number of urea groups is 1. The van der Waals surface area contributed by atoms with Crippen molar-refractivity contribution >= 4 is 44.9 Å². The lowest BCUT2D eigenvalue weighted by Gasteiger charge is -2.36. The lowest BCUT2D eigenvalue weighted by Crippen LogP contribution is -2.50. The molecule has 1 N–H and O–H groups in total. The van der Waals surface area contributed by atoms with Crippen LogP contribution in [-0.2, 0) is 0 Å². The highest BCUT2D eigenvalue weighted by Crippen LogP contribution is 2.23. The lowest BCUT2D eigenvalue weighted by molar-refractivity contribution is 0.208. The van der Waals surface area contributed by atoms with Crippen molar-refractivity contribution in [3.63, 3.8) is 0 Å². The zero-order valence-corrected chi connectivity index (χ0v) is 14.8. The van der Waals surface area contributed by atoms with Gasteiger partial charge in [-0.15, -0.1) is 0 Å². The fraction of sp³-hybridized carbons (Fsp3) is 0.235. The molecule has 0 radical (unpaired) electrons. The Balaban J connectivity index is 1.58. The summed E-state index contributed by atoms with van der Waals surface area (Å²) in [5.41, 5.74) is 1.82. The van der Waals surface area contributed by atoms with E-state index in [0.717, 1.165) is 17.6 Å². The van der Waals surface area contributed by atoms with E-state index in [1.54, 1.807) is 12.1 Å². The van der Waals surface area contributed by atoms with Crippen LogP contribution in [0.4, 0.5) is 16.2 Å². The zero-order valence-electron chi connectivity index (χ0n) is 12.5. The second-order valence-corrected chi connectivity index (χ2v) is 6.69. The molecule has 1 aliphatic heterocycles. The van der Waals surface area contributed by atoms with Crippen LogP contribution < -0.4 is 10.2 Å². The smallest absolute Gasteiger partial charge is 0.322 e. The van der Waals surface area contributed by atoms with Gasteiger partial charge in [-0.3, -0.25) is 0 Å². The van der Waals surface area contributed by atoms with Gasteiger partial charge in [-0.05, 0) is 30.3 Å². The van der Waals surface area contributed by atoms with Crippen LogP contribution in [0.25, 0.3) is 0 Å². The number of rotatable bonds is 2. The van der Waals surface area contributed by atoms with E-state index in [0.29, 0.717) is 23.8 Å². The molecule has 0 atom stereocenters. The average Bonchev–Trinajstić information content (AvgIpc) is 2.57. The molecule has 2 aromatic rings. The number of benzene rings is 2. The fourth-order valence-corrected chi connectivity index (χ4v) is 3.17. The normalized spacial score (nSPS) is 14.7. The number of hydrogen-bond donors (Lipinski definition) is 1. The number of para-hydroxylation sites is 1. The number of carbonyl (C=O) groups excluding carboxylic acids is 1. The zero-order chi connectivity index (χ0) is 16.2. The van der Waals surface area contributed by atoms with Gasteiger partial charge in [0, 0.05) is 36.3 Å². The minimum absolute atomic E-state index is 0.105. The van der Waals surface area contributed by atoms with E-state index >= 15 is 0 Å². The Morgan fingerprint density at radius 2 is 1.78 bits per heavy atom. The van der Waals surface area contributed by atoms with E-state index in [9.17, 15) is 4.79 Å². The third-order valence-corrected chi connectivity index (χ3v) is 4.68. The number of hydrogen-bond acceptors (Lipinski definition) is 2. The summed E-state index contributed by atoms with van der Waals surface area (Å²) >= 11 is 9.57. The molecular formula is C17H17BrClN3O. The van der Waals surface area contributed by atoms with Crippen LogP contribution in [0.2, 0.25) is 5.02 Å². The lowest BCUT2D eigenvalue weighted by atomic mass is 10.2. The summed E-state index contributed by atoms with van der Waals surface area (Å²) in [5.74, 6) is 0. The Morgan fingerprint density at radius 3 is 2.48 bits per heavy atom. The number of amides is 2. The molecule has 3 rings (SSSR count). The second kappa shape index (κ2) is 7.23. The molecule has 0 unspecified atom stereocenters. The predicted octanol–water partition coefficient (Wildman–Crippen LogP) is 4.46. The van der Waals surface area contributed by atoms with E-state index in [1.165, 1.54) is 5.69 Å². The van der Waals surface area contributed by atoms with Gasteiger partial charge in [0.15, 0.2) is 0 Å². The molecule has 1 aliphatic rings. The van der Waals surface area contributed by atoms with Gasteiger partial charge in [-0.2, -0.15) is 0 Å². The topological polar surface area (TPSA) is 35.6 Å². The molecule has 2 aromatic carbocycles. The van der Waals surface area contributed by atoms with Gasteiger partial charge in [0.1, 0.15) is 0 Å². The summed E-state index contributed by atoms with van der Waals surface area (Å²) in [6.07, 6.45) is 0. The van der Waals surface area contributed by atoms with Crippen LogP contribution in [0.3, 0.4) is 0 Å². The first-order valence-corrected chi connectivity index (χ1v) is 8.61. The largest absolute Gasteiger partial charge is 0.368 e. The molecule has 0 aliphatic carbocycles. The summed E-state index contributed by atoms with van der Waals surface area (Å²) in [6, 6.07) is 15.4. The molecule has 120 valence electrons. The van der Waals surface area contributed by atoms with Crippen LogP contribution in [0.15, 0.2) is 53.0 Å². The molecule has 1 heterocycles. The molecule has 23 heavy (non-hydrogen) atoms. The van der Waals surface area contributed by atoms with Gasteiger partial charge in [-0.25, -0.2) is 4.79 Å². The van der Waals surface area contributed by atoms with Crippen molar-refractivity contribution in [3.05, 3.63) is 58.0 Å². The van der Waals surface area contributed by atoms with Crippen LogP contribution in [0.1, 0.15) is 0 Å². The molecule has 0 spiro atoms. The Bertz CT molecular complexity index is 702. The molecule has 1 fully saturated rings. The first-order chi connectivity index (χ1) is 11.1. The third-order valence-electron chi connectivity index (χ3n) is 3.86. The van der Waals surface area contributed by atoms with Gasteiger partial charge in [-0.1, -0.05) is 45.7 Å². The van der Waals surface area contributed by atoms with E-state index in [1.807, 2.05) is 29.2 Å². The Hall–Kier alpha value is -1.72. The average molecular weight is 395 g/mol. The van der Waals surface area contributed by atoms with Crippen molar-refractivity contribution in [1.29, 1.82) is 0 Å². The van der Waals surface area contributed by atoms with Crippen LogP contribution in [0.5, 0.6) is 0 Å². The van der Waals surface area contributed by atoms with Gasteiger partial charge in [0.25, 0.3) is 0 Å². The second-order valence-electron chi connectivity index (χ2n) is 5.36. The van der Waals surface area contributed by atoms with E-state index in [-0.39, 0.29) is 6.03 Å². The van der Waals surface area contributed by atoms with Crippen molar-refractivity contribution in [2.45, 2.75) is 0 Å². The van der Waals surface area contributed by atoms with Crippen LogP contribution in [-0.4, -0.2) is 37.1 Å². The third kappa shape index (κ3) is 3.98. The van der Waals surface area contributed by atoms with Crippen molar-refractivity contribution in [2.75, 3.05) is 36.4 Å². The molecule has 6 heteroatoms. The summed E-state index contributed by atoms with van der Waals surface area (Å²) in [5, 5.41) is 3.42. The highest BCUT2D eigenvalue weighted by molar-refractivity contribution is 9.10. The van der Waals surface area contributed by atoms with Crippen molar-refractivity contribution in [1.82, 2.24) is 4.90 Å². The minimum atomic E-state index is -0.105. The first-order valence-electron chi connectivity index (χ1n) is 7.44. The van der Waals surface area contributed by atoms with Gasteiger partial charge >= 0.3 is 6.03 Å². The molecule has 0 aromatic heterocycles. The maximum atomic E-state index is 12.3. The number of carbonyl (C=O) groups is 1. The van der Waals surface area contributed by atoms with Gasteiger partial charge in [0.2, 0.25) is 0 Å². The Kier molecular flexibility index (Phi) is 5.08. The first kappa shape index (κ1) is 16.1. The maximum Gasteiger partial charge on any atom is 0.322 e. The predicted molar refractivity (Wildman–Crippen MR) is 98.4 cm³/mol. The fourth-order valence-electron chi connectivity index (χ4n) is 2.60. The molecule has 0 bridgehead atoms. The minimum Gasteiger partial charge on any atom is -0.368 e. The van der Waals surface area contributed by atoms with Gasteiger partial charge in [0.05, 0.1) is 10.7 Å². The highest BCUT2D eigenvalue weighted by Gasteiger charge is 2.21. The highest BCUT2D eigenvalue weighted by atomic mass is 79.9. The molecule has 2 amide bonds. The summed E-state index contributed by atoms with van der Waals surface area (Å²) in [4.78, 5) is 16.4. The summed E-state index contributed by atoms with van der Waals surface area (Å²) in [7, 11) is 0. The van der Waals surface area contributed by atoms with Crippen molar-refractivity contribution < 1.29 is 4.79 Å². The van der Waals surface area contributed by atoms with E-state index < -0.39 is 0 Å². The summed E-state index contributed by atoms with van der Waals surface area (Å²) in [6.45, 7) is 2.99. The number of piperazine rings is 1. The number of halogens is 2. The molecule has 1 saturated heterocycles. The monoisotopic (exact) mass is 393 g/mol. The van der Waals surface area contributed by atoms with Crippen LogP contribution >= 0.6 is 27.5 Å². The molecular weight excluding hydrogens is 378 g/mol. The quantitative estimate of drug-likeness (QED) is 0.816. The number of nitrogens with zero attached hydrogens (tertiary/aromatic N) is 2. The molecule has 0 saturated carbocycles. The number of nitrogens with one attached hydrogen (secondary N) is 1. The maximum absolute atomic E-state index is 12.3. The van der Waals surface area contributed by atoms with Crippen molar-refractivity contribution in [2.24, 2.45) is 0 Å². The van der Waals surface area contributed by atoms with Crippen molar-refractivity contribution in [3.8, 4) is 0 Å². The Morgan fingerprint density at radius 1 is 1.04 bits per heavy atom. The van der Waals surface area contributed by atoms with Gasteiger partial charge < -0.3 is 15.1 Å². The van der Waals surface area contributed by atoms with Crippen LogP contribution in [0, 0.1) is 0 Å². The SMILES string of the molecule is O=C(Nc1ccccc1Cl)N1CCN(c2cccc(Br)c2)CC1. The van der Waals surface area contributed by atoms with E-state index in [2.05, 4.69) is 38.3 Å².